The molecule has 0 spiro atoms. The molecule has 6 heteroatoms. The SMILES string of the molecule is CC(=O)Nc1ccc(CCCCOS(=O)(=O)c2ccc(C)cc2)cc1. The van der Waals surface area contributed by atoms with Crippen LogP contribution in [0.4, 0.5) is 5.69 Å². The van der Waals surface area contributed by atoms with E-state index in [-0.39, 0.29) is 17.4 Å². The Morgan fingerprint density at radius 1 is 1.00 bits per heavy atom. The van der Waals surface area contributed by atoms with E-state index in [2.05, 4.69) is 5.32 Å². The van der Waals surface area contributed by atoms with Gasteiger partial charge in [0.2, 0.25) is 5.91 Å². The molecule has 2 aromatic rings. The minimum atomic E-state index is -3.68. The van der Waals surface area contributed by atoms with Crippen molar-refractivity contribution < 1.29 is 17.4 Å². The highest BCUT2D eigenvalue weighted by molar-refractivity contribution is 7.86. The Balaban J connectivity index is 1.74. The van der Waals surface area contributed by atoms with Gasteiger partial charge < -0.3 is 5.32 Å². The molecule has 0 aliphatic rings. The number of benzene rings is 2. The van der Waals surface area contributed by atoms with E-state index in [1.807, 2.05) is 31.2 Å². The molecule has 0 aliphatic heterocycles. The standard InChI is InChI=1S/C19H23NO4S/c1-15-6-12-19(13-7-15)25(22,23)24-14-4-3-5-17-8-10-18(11-9-17)20-16(2)21/h6-13H,3-5,14H2,1-2H3,(H,20,21). The Kier molecular flexibility index (Phi) is 6.73. The van der Waals surface area contributed by atoms with E-state index in [4.69, 9.17) is 4.18 Å². The topological polar surface area (TPSA) is 72.5 Å². The van der Waals surface area contributed by atoms with E-state index in [0.29, 0.717) is 6.42 Å². The zero-order valence-corrected chi connectivity index (χ0v) is 15.3. The number of amides is 1. The first-order valence-corrected chi connectivity index (χ1v) is 9.60. The van der Waals surface area contributed by atoms with Crippen LogP contribution in [0.1, 0.15) is 30.9 Å². The number of aryl methyl sites for hydroxylation is 2. The summed E-state index contributed by atoms with van der Waals surface area (Å²) in [7, 11) is -3.68. The second-order valence-electron chi connectivity index (χ2n) is 5.92. The van der Waals surface area contributed by atoms with Gasteiger partial charge in [-0.1, -0.05) is 29.8 Å². The smallest absolute Gasteiger partial charge is 0.296 e. The summed E-state index contributed by atoms with van der Waals surface area (Å²) in [5.74, 6) is -0.0975. The highest BCUT2D eigenvalue weighted by Crippen LogP contribution is 2.15. The predicted octanol–water partition coefficient (Wildman–Crippen LogP) is 3.68. The zero-order valence-electron chi connectivity index (χ0n) is 14.5. The first-order valence-electron chi connectivity index (χ1n) is 8.19. The number of carbonyl (C=O) groups is 1. The fraction of sp³-hybridized carbons (Fsp3) is 0.316. The van der Waals surface area contributed by atoms with Crippen LogP contribution in [0.25, 0.3) is 0 Å². The summed E-state index contributed by atoms with van der Waals surface area (Å²) in [6, 6.07) is 14.2. The number of anilines is 1. The normalized spacial score (nSPS) is 11.3. The molecule has 0 heterocycles. The number of nitrogens with one attached hydrogen (secondary N) is 1. The van der Waals surface area contributed by atoms with Gasteiger partial charge in [0.1, 0.15) is 0 Å². The number of rotatable bonds is 8. The van der Waals surface area contributed by atoms with Gasteiger partial charge in [-0.25, -0.2) is 0 Å². The van der Waals surface area contributed by atoms with Crippen LogP contribution in [-0.4, -0.2) is 20.9 Å². The van der Waals surface area contributed by atoms with E-state index < -0.39 is 10.1 Å². The number of hydrogen-bond donors (Lipinski definition) is 1. The van der Waals surface area contributed by atoms with Gasteiger partial charge >= 0.3 is 0 Å². The summed E-state index contributed by atoms with van der Waals surface area (Å²) >= 11 is 0. The third-order valence-electron chi connectivity index (χ3n) is 3.68. The summed E-state index contributed by atoms with van der Waals surface area (Å²) in [5.41, 5.74) is 2.91. The van der Waals surface area contributed by atoms with Crippen molar-refractivity contribution in [3.05, 3.63) is 59.7 Å². The molecule has 0 atom stereocenters. The van der Waals surface area contributed by atoms with Crippen molar-refractivity contribution in [2.24, 2.45) is 0 Å². The van der Waals surface area contributed by atoms with E-state index in [9.17, 15) is 13.2 Å². The summed E-state index contributed by atoms with van der Waals surface area (Å²) in [5, 5.41) is 2.72. The van der Waals surface area contributed by atoms with Crippen LogP contribution < -0.4 is 5.32 Å². The van der Waals surface area contributed by atoms with Crippen LogP contribution in [0.2, 0.25) is 0 Å². The van der Waals surface area contributed by atoms with Crippen molar-refractivity contribution in [3.8, 4) is 0 Å². The van der Waals surface area contributed by atoms with Crippen molar-refractivity contribution in [1.29, 1.82) is 0 Å². The summed E-state index contributed by atoms with van der Waals surface area (Å²) in [6.07, 6.45) is 2.30. The predicted molar refractivity (Wildman–Crippen MR) is 98.0 cm³/mol. The molecule has 0 saturated heterocycles. The summed E-state index contributed by atoms with van der Waals surface area (Å²) < 4.78 is 29.2. The van der Waals surface area contributed by atoms with Crippen LogP contribution >= 0.6 is 0 Å². The molecule has 0 fully saturated rings. The maximum absolute atomic E-state index is 12.0. The van der Waals surface area contributed by atoms with E-state index >= 15 is 0 Å². The lowest BCUT2D eigenvalue weighted by molar-refractivity contribution is -0.114. The molecular formula is C19H23NO4S. The van der Waals surface area contributed by atoms with Crippen LogP contribution in [0, 0.1) is 6.92 Å². The Morgan fingerprint density at radius 2 is 1.64 bits per heavy atom. The zero-order chi connectivity index (χ0) is 18.3. The highest BCUT2D eigenvalue weighted by atomic mass is 32.2. The van der Waals surface area contributed by atoms with Gasteiger partial charge in [-0.15, -0.1) is 0 Å². The second kappa shape index (κ2) is 8.78. The Hall–Kier alpha value is -2.18. The Morgan fingerprint density at radius 3 is 2.24 bits per heavy atom. The molecule has 0 bridgehead atoms. The molecule has 2 rings (SSSR count). The maximum Gasteiger partial charge on any atom is 0.296 e. The van der Waals surface area contributed by atoms with E-state index in [0.717, 1.165) is 29.7 Å². The molecule has 1 amide bonds. The van der Waals surface area contributed by atoms with E-state index in [1.54, 1.807) is 24.3 Å². The van der Waals surface area contributed by atoms with Crippen LogP contribution in [0.5, 0.6) is 0 Å². The molecule has 0 aromatic heterocycles. The first kappa shape index (κ1) is 19.1. The minimum absolute atomic E-state index is 0.0975. The number of hydrogen-bond acceptors (Lipinski definition) is 4. The van der Waals surface area contributed by atoms with Crippen LogP contribution in [0.15, 0.2) is 53.4 Å². The van der Waals surface area contributed by atoms with Gasteiger partial charge in [-0.3, -0.25) is 8.98 Å². The lowest BCUT2D eigenvalue weighted by atomic mass is 10.1. The van der Waals surface area contributed by atoms with Crippen molar-refractivity contribution >= 4 is 21.7 Å². The molecule has 1 N–H and O–H groups in total. The largest absolute Gasteiger partial charge is 0.326 e. The molecule has 2 aromatic carbocycles. The molecule has 0 unspecified atom stereocenters. The molecule has 0 aliphatic carbocycles. The van der Waals surface area contributed by atoms with Crippen molar-refractivity contribution in [1.82, 2.24) is 0 Å². The van der Waals surface area contributed by atoms with Crippen molar-refractivity contribution in [2.45, 2.75) is 38.0 Å². The van der Waals surface area contributed by atoms with Gasteiger partial charge in [0.05, 0.1) is 11.5 Å². The lowest BCUT2D eigenvalue weighted by Gasteiger charge is -2.07. The third-order valence-corrected chi connectivity index (χ3v) is 5.01. The molecule has 134 valence electrons. The molecule has 25 heavy (non-hydrogen) atoms. The summed E-state index contributed by atoms with van der Waals surface area (Å²) in [6.45, 7) is 3.54. The number of unbranched alkanes of at least 4 members (excludes halogenated alkanes) is 1. The average molecular weight is 361 g/mol. The molecule has 5 nitrogen and oxygen atoms in total. The van der Waals surface area contributed by atoms with Crippen molar-refractivity contribution in [3.63, 3.8) is 0 Å². The van der Waals surface area contributed by atoms with E-state index in [1.165, 1.54) is 6.92 Å². The fourth-order valence-corrected chi connectivity index (χ4v) is 3.27. The fourth-order valence-electron chi connectivity index (χ4n) is 2.33. The highest BCUT2D eigenvalue weighted by Gasteiger charge is 2.14. The minimum Gasteiger partial charge on any atom is -0.326 e. The van der Waals surface area contributed by atoms with Gasteiger partial charge in [-0.2, -0.15) is 8.42 Å². The quantitative estimate of drug-likeness (QED) is 0.575. The molecule has 0 radical (unpaired) electrons. The lowest BCUT2D eigenvalue weighted by Crippen LogP contribution is -2.08. The van der Waals surface area contributed by atoms with Gasteiger partial charge in [0.15, 0.2) is 0 Å². The van der Waals surface area contributed by atoms with Crippen LogP contribution in [0.3, 0.4) is 0 Å². The average Bonchev–Trinajstić information content (AvgIpc) is 2.56. The first-order chi connectivity index (χ1) is 11.9. The Bertz CT molecular complexity index is 796. The third kappa shape index (κ3) is 6.32. The number of carbonyl (C=O) groups excluding carboxylic acids is 1. The summed E-state index contributed by atoms with van der Waals surface area (Å²) in [4.78, 5) is 11.2. The van der Waals surface area contributed by atoms with Gasteiger partial charge in [-0.05, 0) is 56.0 Å². The van der Waals surface area contributed by atoms with Crippen molar-refractivity contribution in [2.75, 3.05) is 11.9 Å². The van der Waals surface area contributed by atoms with Gasteiger partial charge in [0, 0.05) is 12.6 Å². The molecular weight excluding hydrogens is 338 g/mol. The molecule has 0 saturated carbocycles. The van der Waals surface area contributed by atoms with Gasteiger partial charge in [0.25, 0.3) is 10.1 Å². The Labute approximate surface area is 149 Å². The maximum atomic E-state index is 12.0. The van der Waals surface area contributed by atoms with Crippen LogP contribution in [-0.2, 0) is 25.5 Å². The second-order valence-corrected chi connectivity index (χ2v) is 7.54. The monoisotopic (exact) mass is 361 g/mol.